The number of benzene rings is 1. The lowest BCUT2D eigenvalue weighted by molar-refractivity contribution is 0.0359. The second kappa shape index (κ2) is 12.2. The molecule has 13 nitrogen and oxygen atoms in total. The van der Waals surface area contributed by atoms with Gasteiger partial charge in [0, 0.05) is 44.7 Å². The number of anilines is 1. The number of aromatic hydroxyl groups is 1. The highest BCUT2D eigenvalue weighted by atomic mass is 16.5. The molecular weight excluding hydrogens is 528 g/mol. The molecule has 41 heavy (non-hydrogen) atoms. The van der Waals surface area contributed by atoms with Crippen LogP contribution in [0.15, 0.2) is 58.4 Å². The average Bonchev–Trinajstić information content (AvgIpc) is 3.68. The summed E-state index contributed by atoms with van der Waals surface area (Å²) in [7, 11) is 1.49. The third-order valence-corrected chi connectivity index (χ3v) is 7.29. The number of nitrogens with zero attached hydrogens (tertiary/aromatic N) is 7. The maximum absolute atomic E-state index is 13.1. The van der Waals surface area contributed by atoms with Gasteiger partial charge in [0.2, 0.25) is 5.75 Å². The molecule has 1 aromatic carbocycles. The fourth-order valence-electron chi connectivity index (χ4n) is 5.12. The first kappa shape index (κ1) is 27.8. The number of nitrogens with one attached hydrogen (secondary N) is 1. The molecule has 1 aliphatic rings. The van der Waals surface area contributed by atoms with E-state index in [1.807, 2.05) is 29.9 Å². The molecule has 212 valence electrons. The van der Waals surface area contributed by atoms with Gasteiger partial charge in [-0.25, -0.2) is 4.98 Å². The molecule has 4 heterocycles. The standard InChI is InChI=1S/C28H30N8O5/c1-18(26-33-24(25(37)28(39)34(26)2)27(38)32-21-15-31-41-17-21)23(22-6-4-3-5-19(22)13-29)20-14-30-36(16-20)8-7-35-9-11-40-12-10-35/h3-6,14-18,23,37H,7-12H2,1-2H3,(H,32,38). The maximum Gasteiger partial charge on any atom is 0.296 e. The minimum absolute atomic E-state index is 0.247. The van der Waals surface area contributed by atoms with E-state index in [-0.39, 0.29) is 11.5 Å². The molecule has 3 aromatic heterocycles. The third-order valence-electron chi connectivity index (χ3n) is 7.29. The molecule has 2 N–H and O–H groups in total. The zero-order valence-corrected chi connectivity index (χ0v) is 22.7. The molecule has 0 spiro atoms. The largest absolute Gasteiger partial charge is 0.501 e. The summed E-state index contributed by atoms with van der Waals surface area (Å²) in [5, 5.41) is 31.1. The minimum Gasteiger partial charge on any atom is -0.501 e. The number of morpholine rings is 1. The number of carbonyl (C=O) groups excluding carboxylic acids is 1. The van der Waals surface area contributed by atoms with E-state index in [1.54, 1.807) is 18.3 Å². The Morgan fingerprint density at radius 2 is 2.00 bits per heavy atom. The average molecular weight is 559 g/mol. The predicted molar refractivity (Wildman–Crippen MR) is 146 cm³/mol. The fraction of sp³-hybridized carbons (Fsp3) is 0.357. The van der Waals surface area contributed by atoms with Crippen molar-refractivity contribution in [3.63, 3.8) is 0 Å². The van der Waals surface area contributed by atoms with Crippen LogP contribution in [-0.4, -0.2) is 73.2 Å². The van der Waals surface area contributed by atoms with Gasteiger partial charge in [-0.2, -0.15) is 10.4 Å². The van der Waals surface area contributed by atoms with Crippen LogP contribution in [0.2, 0.25) is 0 Å². The highest BCUT2D eigenvalue weighted by molar-refractivity contribution is 6.04. The molecule has 1 amide bonds. The predicted octanol–water partition coefficient (Wildman–Crippen LogP) is 2.06. The molecule has 2 unspecified atom stereocenters. The van der Waals surface area contributed by atoms with Crippen molar-refractivity contribution in [2.75, 3.05) is 38.2 Å². The number of carbonyl (C=O) groups is 1. The number of amides is 1. The Morgan fingerprint density at radius 3 is 2.73 bits per heavy atom. The molecule has 1 saturated heterocycles. The minimum atomic E-state index is -0.790. The Morgan fingerprint density at radius 1 is 1.22 bits per heavy atom. The van der Waals surface area contributed by atoms with Crippen molar-refractivity contribution in [2.45, 2.75) is 25.3 Å². The van der Waals surface area contributed by atoms with Crippen LogP contribution >= 0.6 is 0 Å². The van der Waals surface area contributed by atoms with Crippen LogP contribution in [0.25, 0.3) is 0 Å². The third kappa shape index (κ3) is 5.88. The summed E-state index contributed by atoms with van der Waals surface area (Å²) in [4.78, 5) is 32.8. The highest BCUT2D eigenvalue weighted by Gasteiger charge is 2.31. The smallest absolute Gasteiger partial charge is 0.296 e. The van der Waals surface area contributed by atoms with E-state index in [0.29, 0.717) is 25.3 Å². The van der Waals surface area contributed by atoms with E-state index in [9.17, 15) is 20.0 Å². The molecule has 0 aliphatic carbocycles. The van der Waals surface area contributed by atoms with Gasteiger partial charge in [-0.05, 0) is 17.2 Å². The van der Waals surface area contributed by atoms with Gasteiger partial charge in [0.25, 0.3) is 11.5 Å². The van der Waals surface area contributed by atoms with Crippen LogP contribution in [0, 0.1) is 11.3 Å². The Hall–Kier alpha value is -4.80. The van der Waals surface area contributed by atoms with Gasteiger partial charge in [0.1, 0.15) is 17.8 Å². The number of nitriles is 1. The number of hydrogen-bond donors (Lipinski definition) is 2. The lowest BCUT2D eigenvalue weighted by Gasteiger charge is -2.26. The molecule has 0 bridgehead atoms. The topological polar surface area (TPSA) is 164 Å². The van der Waals surface area contributed by atoms with Crippen LogP contribution in [-0.2, 0) is 18.3 Å². The summed E-state index contributed by atoms with van der Waals surface area (Å²) in [6.07, 6.45) is 6.19. The summed E-state index contributed by atoms with van der Waals surface area (Å²) in [6.45, 7) is 6.53. The van der Waals surface area contributed by atoms with Crippen LogP contribution in [0.5, 0.6) is 5.75 Å². The maximum atomic E-state index is 13.1. The lowest BCUT2D eigenvalue weighted by Crippen LogP contribution is -2.38. The first-order valence-corrected chi connectivity index (χ1v) is 13.2. The van der Waals surface area contributed by atoms with Crippen molar-refractivity contribution in [2.24, 2.45) is 7.05 Å². The second-order valence-electron chi connectivity index (χ2n) is 9.85. The number of aromatic nitrogens is 5. The SMILES string of the molecule is CC(c1nc(C(=O)Nc2cnoc2)c(O)c(=O)n1C)C(c1cnn(CCN2CCOCC2)c1)c1ccccc1C#N. The molecular formula is C28H30N8O5. The van der Waals surface area contributed by atoms with E-state index in [4.69, 9.17) is 9.26 Å². The van der Waals surface area contributed by atoms with E-state index >= 15 is 0 Å². The van der Waals surface area contributed by atoms with E-state index in [1.165, 1.54) is 24.1 Å². The molecule has 4 aromatic rings. The molecule has 13 heteroatoms. The summed E-state index contributed by atoms with van der Waals surface area (Å²) in [6, 6.07) is 9.50. The number of rotatable bonds is 9. The number of hydrogen-bond acceptors (Lipinski definition) is 10. The van der Waals surface area contributed by atoms with E-state index in [0.717, 1.165) is 30.8 Å². The van der Waals surface area contributed by atoms with Gasteiger partial charge in [-0.3, -0.25) is 23.7 Å². The van der Waals surface area contributed by atoms with Crippen molar-refractivity contribution >= 4 is 11.6 Å². The molecule has 2 atom stereocenters. The Balaban J connectivity index is 1.52. The molecule has 1 fully saturated rings. The zero-order chi connectivity index (χ0) is 28.9. The van der Waals surface area contributed by atoms with Crippen molar-refractivity contribution in [1.29, 1.82) is 5.26 Å². The second-order valence-corrected chi connectivity index (χ2v) is 9.85. The van der Waals surface area contributed by atoms with Gasteiger partial charge < -0.3 is 19.7 Å². The van der Waals surface area contributed by atoms with Crippen LogP contribution in [0.4, 0.5) is 5.69 Å². The van der Waals surface area contributed by atoms with Gasteiger partial charge in [0.15, 0.2) is 5.69 Å². The quantitative estimate of drug-likeness (QED) is 0.311. The van der Waals surface area contributed by atoms with Gasteiger partial charge in [-0.15, -0.1) is 0 Å². The van der Waals surface area contributed by atoms with Crippen molar-refractivity contribution in [3.05, 3.63) is 87.7 Å². The Kier molecular flexibility index (Phi) is 8.23. The number of ether oxygens (including phenoxy) is 1. The summed E-state index contributed by atoms with van der Waals surface area (Å²) < 4.78 is 13.3. The fourth-order valence-corrected chi connectivity index (χ4v) is 5.12. The van der Waals surface area contributed by atoms with Crippen LogP contribution < -0.4 is 10.9 Å². The molecule has 0 saturated carbocycles. The van der Waals surface area contributed by atoms with E-state index < -0.39 is 34.7 Å². The van der Waals surface area contributed by atoms with Crippen LogP contribution in [0.3, 0.4) is 0 Å². The van der Waals surface area contributed by atoms with Gasteiger partial charge >= 0.3 is 0 Å². The zero-order valence-electron chi connectivity index (χ0n) is 22.7. The monoisotopic (exact) mass is 558 g/mol. The molecule has 1 aliphatic heterocycles. The Labute approximate surface area is 235 Å². The van der Waals surface area contributed by atoms with Gasteiger partial charge in [-0.1, -0.05) is 30.3 Å². The first-order chi connectivity index (χ1) is 19.9. The summed E-state index contributed by atoms with van der Waals surface area (Å²) in [5.74, 6) is -2.27. The van der Waals surface area contributed by atoms with Crippen molar-refractivity contribution in [1.82, 2.24) is 29.4 Å². The molecule has 5 rings (SSSR count). The van der Waals surface area contributed by atoms with E-state index in [2.05, 4.69) is 31.5 Å². The van der Waals surface area contributed by atoms with Crippen molar-refractivity contribution < 1.29 is 19.2 Å². The Bertz CT molecular complexity index is 1620. The van der Waals surface area contributed by atoms with Gasteiger partial charge in [0.05, 0.1) is 43.8 Å². The first-order valence-electron chi connectivity index (χ1n) is 13.2. The normalized spacial score (nSPS) is 15.2. The van der Waals surface area contributed by atoms with Crippen molar-refractivity contribution in [3.8, 4) is 11.8 Å². The lowest BCUT2D eigenvalue weighted by atomic mass is 9.80. The summed E-state index contributed by atoms with van der Waals surface area (Å²) in [5.41, 5.74) is 1.07. The summed E-state index contributed by atoms with van der Waals surface area (Å²) >= 11 is 0. The highest BCUT2D eigenvalue weighted by Crippen LogP contribution is 2.39. The molecule has 0 radical (unpaired) electrons. The van der Waals surface area contributed by atoms with Crippen LogP contribution in [0.1, 0.15) is 51.8 Å².